The van der Waals surface area contributed by atoms with Crippen LogP contribution in [0.3, 0.4) is 0 Å². The highest BCUT2D eigenvalue weighted by atomic mass is 35.5. The van der Waals surface area contributed by atoms with Crippen LogP contribution in [0.5, 0.6) is 0 Å². The van der Waals surface area contributed by atoms with E-state index in [2.05, 4.69) is 50.2 Å². The average Bonchev–Trinajstić information content (AvgIpc) is 2.89. The molecule has 0 N–H and O–H groups in total. The van der Waals surface area contributed by atoms with Crippen molar-refractivity contribution in [2.45, 2.75) is 83.6 Å². The van der Waals surface area contributed by atoms with Crippen molar-refractivity contribution >= 4 is 0 Å². The van der Waals surface area contributed by atoms with E-state index in [1.165, 1.54) is 30.4 Å². The monoisotopic (exact) mass is 517 g/mol. The summed E-state index contributed by atoms with van der Waals surface area (Å²) in [6.45, 7) is 5.04. The van der Waals surface area contributed by atoms with Gasteiger partial charge in [0.2, 0.25) is 0 Å². The Bertz CT molecular complexity index is 819. The van der Waals surface area contributed by atoms with Gasteiger partial charge in [-0.2, -0.15) is 0 Å². The van der Waals surface area contributed by atoms with Crippen LogP contribution in [0.15, 0.2) is 54.2 Å². The van der Waals surface area contributed by atoms with Gasteiger partial charge in [0.1, 0.15) is 6.54 Å². The summed E-state index contributed by atoms with van der Waals surface area (Å²) >= 11 is 0. The maximum absolute atomic E-state index is 8.24. The number of ether oxygens (including phenoxy) is 2. The number of pyridine rings is 2. The second-order valence-corrected chi connectivity index (χ2v) is 9.03. The average molecular weight is 518 g/mol. The number of azide groups is 1. The van der Waals surface area contributed by atoms with Crippen LogP contribution in [0, 0.1) is 0 Å². The lowest BCUT2D eigenvalue weighted by molar-refractivity contribution is -0.697. The zero-order valence-corrected chi connectivity index (χ0v) is 22.5. The second kappa shape index (κ2) is 23.2. The Kier molecular flexibility index (Phi) is 20.6. The lowest BCUT2D eigenvalue weighted by Gasteiger charge is -2.05. The fraction of sp³-hybridized carbons (Fsp3) is 0.643. The van der Waals surface area contributed by atoms with E-state index in [0.29, 0.717) is 6.54 Å². The highest BCUT2D eigenvalue weighted by molar-refractivity contribution is 5.08. The molecule has 2 heterocycles. The van der Waals surface area contributed by atoms with Gasteiger partial charge in [-0.3, -0.25) is 4.98 Å². The van der Waals surface area contributed by atoms with Crippen molar-refractivity contribution < 1.29 is 26.4 Å². The predicted molar refractivity (Wildman–Crippen MR) is 140 cm³/mol. The first-order valence-electron chi connectivity index (χ1n) is 13.4. The van der Waals surface area contributed by atoms with E-state index in [1.807, 2.05) is 18.5 Å². The van der Waals surface area contributed by atoms with Crippen LogP contribution < -0.4 is 17.0 Å². The molecule has 0 spiro atoms. The van der Waals surface area contributed by atoms with E-state index in [4.69, 9.17) is 15.0 Å². The number of halogens is 1. The molecule has 200 valence electrons. The lowest BCUT2D eigenvalue weighted by Crippen LogP contribution is -3.00. The standard InChI is InChI=1S/C28H44N5O2.ClH/c29-32-31-18-5-1-3-7-21-35-24-12-16-28-14-10-20-33(26-28)19-6-2-4-8-22-34-23-11-15-27-13-9-17-30-25-27;/h9-10,13-14,17,20,25-26H,1-8,11-12,15-16,18-19,21-24H2;1H/q+1;/p-1. The first-order chi connectivity index (χ1) is 17.4. The quantitative estimate of drug-likeness (QED) is 0.0788. The zero-order valence-electron chi connectivity index (χ0n) is 21.8. The summed E-state index contributed by atoms with van der Waals surface area (Å²) in [4.78, 5) is 6.92. The summed E-state index contributed by atoms with van der Waals surface area (Å²) in [5.74, 6) is 0. The van der Waals surface area contributed by atoms with Gasteiger partial charge in [-0.15, -0.1) is 0 Å². The summed E-state index contributed by atoms with van der Waals surface area (Å²) in [7, 11) is 0. The van der Waals surface area contributed by atoms with E-state index < -0.39 is 0 Å². The Balaban J connectivity index is 0.00000648. The molecular formula is C28H44ClN5O2. The van der Waals surface area contributed by atoms with Crippen LogP contribution in [0.2, 0.25) is 0 Å². The third kappa shape index (κ3) is 17.3. The number of aromatic nitrogens is 2. The first-order valence-corrected chi connectivity index (χ1v) is 13.4. The lowest BCUT2D eigenvalue weighted by atomic mass is 10.1. The van der Waals surface area contributed by atoms with Gasteiger partial charge in [-0.05, 0) is 74.6 Å². The summed E-state index contributed by atoms with van der Waals surface area (Å²) in [5.41, 5.74) is 10.9. The van der Waals surface area contributed by atoms with E-state index in [0.717, 1.165) is 90.8 Å². The van der Waals surface area contributed by atoms with E-state index in [-0.39, 0.29) is 12.4 Å². The van der Waals surface area contributed by atoms with Crippen LogP contribution >= 0.6 is 0 Å². The molecule has 0 saturated carbocycles. The molecule has 8 heteroatoms. The van der Waals surface area contributed by atoms with Crippen molar-refractivity contribution in [3.8, 4) is 0 Å². The Morgan fingerprint density at radius 3 is 2.11 bits per heavy atom. The zero-order chi connectivity index (χ0) is 24.7. The molecule has 0 fully saturated rings. The van der Waals surface area contributed by atoms with Crippen molar-refractivity contribution in [3.05, 3.63) is 70.6 Å². The molecule has 0 atom stereocenters. The highest BCUT2D eigenvalue weighted by Crippen LogP contribution is 2.05. The molecule has 2 rings (SSSR count). The molecule has 7 nitrogen and oxygen atoms in total. The van der Waals surface area contributed by atoms with Crippen LogP contribution in [0.1, 0.15) is 75.3 Å². The third-order valence-electron chi connectivity index (χ3n) is 5.97. The molecule has 0 saturated heterocycles. The highest BCUT2D eigenvalue weighted by Gasteiger charge is 2.03. The molecule has 0 unspecified atom stereocenters. The molecule has 2 aromatic rings. The molecule has 0 amide bonds. The number of hydrogen-bond acceptors (Lipinski definition) is 4. The van der Waals surface area contributed by atoms with Crippen molar-refractivity contribution in [2.24, 2.45) is 5.11 Å². The van der Waals surface area contributed by atoms with E-state index in [1.54, 1.807) is 0 Å². The van der Waals surface area contributed by atoms with Crippen molar-refractivity contribution in [1.29, 1.82) is 0 Å². The third-order valence-corrected chi connectivity index (χ3v) is 5.97. The van der Waals surface area contributed by atoms with Gasteiger partial charge in [0, 0.05) is 68.3 Å². The van der Waals surface area contributed by atoms with Crippen molar-refractivity contribution in [3.63, 3.8) is 0 Å². The molecule has 0 aliphatic carbocycles. The minimum atomic E-state index is 0. The van der Waals surface area contributed by atoms with Crippen LogP contribution in [0.25, 0.3) is 10.4 Å². The van der Waals surface area contributed by atoms with Gasteiger partial charge in [-0.25, -0.2) is 4.57 Å². The van der Waals surface area contributed by atoms with Crippen LogP contribution in [-0.4, -0.2) is 38.0 Å². The second-order valence-electron chi connectivity index (χ2n) is 9.03. The normalized spacial score (nSPS) is 10.6. The first kappa shape index (κ1) is 31.8. The molecular weight excluding hydrogens is 474 g/mol. The molecule has 0 aliphatic rings. The SMILES string of the molecule is [Cl-].[N-]=[N+]=NCCCCCCOCCCc1ccc[n+](CCCCCCOCCCc2cccnc2)c1. The van der Waals surface area contributed by atoms with Gasteiger partial charge in [0.15, 0.2) is 12.4 Å². The molecule has 2 aromatic heterocycles. The smallest absolute Gasteiger partial charge is 0.171 e. The number of aryl methyl sites for hydroxylation is 3. The maximum atomic E-state index is 8.24. The van der Waals surface area contributed by atoms with Crippen molar-refractivity contribution in [1.82, 2.24) is 4.98 Å². The van der Waals surface area contributed by atoms with Crippen LogP contribution in [-0.2, 0) is 28.9 Å². The molecule has 0 aliphatic heterocycles. The Morgan fingerprint density at radius 2 is 1.42 bits per heavy atom. The van der Waals surface area contributed by atoms with Gasteiger partial charge < -0.3 is 21.9 Å². The Labute approximate surface area is 223 Å². The maximum Gasteiger partial charge on any atom is 0.171 e. The molecule has 0 bridgehead atoms. The van der Waals surface area contributed by atoms with E-state index in [9.17, 15) is 0 Å². The van der Waals surface area contributed by atoms with Gasteiger partial charge in [0.05, 0.1) is 0 Å². The number of nitrogens with zero attached hydrogens (tertiary/aromatic N) is 5. The Hall–Kier alpha value is -2.18. The fourth-order valence-electron chi connectivity index (χ4n) is 4.01. The largest absolute Gasteiger partial charge is 1.00 e. The minimum Gasteiger partial charge on any atom is -1.00 e. The van der Waals surface area contributed by atoms with Gasteiger partial charge in [-0.1, -0.05) is 30.4 Å². The summed E-state index contributed by atoms with van der Waals surface area (Å²) < 4.78 is 13.9. The molecule has 0 aromatic carbocycles. The molecule has 36 heavy (non-hydrogen) atoms. The predicted octanol–water partition coefficient (Wildman–Crippen LogP) is 3.40. The summed E-state index contributed by atoms with van der Waals surface area (Å²) in [6, 6.07) is 8.49. The number of rotatable bonds is 22. The number of hydrogen-bond donors (Lipinski definition) is 0. The Morgan fingerprint density at radius 1 is 0.778 bits per heavy atom. The molecule has 0 radical (unpaired) electrons. The summed E-state index contributed by atoms with van der Waals surface area (Å²) in [5, 5.41) is 3.55. The van der Waals surface area contributed by atoms with Crippen molar-refractivity contribution in [2.75, 3.05) is 33.0 Å². The summed E-state index contributed by atoms with van der Waals surface area (Å²) in [6.07, 6.45) is 21.6. The number of unbranched alkanes of at least 4 members (excludes halogenated alkanes) is 6. The fourth-order valence-corrected chi connectivity index (χ4v) is 4.01. The minimum absolute atomic E-state index is 0. The van der Waals surface area contributed by atoms with Crippen LogP contribution in [0.4, 0.5) is 0 Å². The van der Waals surface area contributed by atoms with E-state index >= 15 is 0 Å². The van der Waals surface area contributed by atoms with Gasteiger partial charge in [0.25, 0.3) is 0 Å². The van der Waals surface area contributed by atoms with Gasteiger partial charge >= 0.3 is 0 Å². The topological polar surface area (TPSA) is 84.0 Å².